The number of hydrogen-bond donors (Lipinski definition) is 1. The van der Waals surface area contributed by atoms with E-state index in [1.165, 1.54) is 6.07 Å². The first-order chi connectivity index (χ1) is 11.4. The van der Waals surface area contributed by atoms with Gasteiger partial charge in [-0.15, -0.1) is 0 Å². The Morgan fingerprint density at radius 1 is 1.33 bits per heavy atom. The Morgan fingerprint density at radius 3 is 2.71 bits per heavy atom. The maximum Gasteiger partial charge on any atom is 0.417 e. The van der Waals surface area contributed by atoms with Crippen molar-refractivity contribution in [2.45, 2.75) is 36.9 Å². The minimum atomic E-state index is -4.58. The van der Waals surface area contributed by atoms with Crippen molar-refractivity contribution in [3.63, 3.8) is 0 Å². The monoisotopic (exact) mass is 358 g/mol. The Balaban J connectivity index is 1.95. The van der Waals surface area contributed by atoms with E-state index in [0.29, 0.717) is 35.6 Å². The summed E-state index contributed by atoms with van der Waals surface area (Å²) in [6.45, 7) is 3.09. The smallest absolute Gasteiger partial charge is 0.381 e. The number of aromatic nitrogens is 2. The minimum Gasteiger partial charge on any atom is -0.381 e. The van der Waals surface area contributed by atoms with E-state index in [-0.39, 0.29) is 10.9 Å². The molecule has 1 aliphatic rings. The average molecular weight is 358 g/mol. The van der Waals surface area contributed by atoms with Gasteiger partial charge in [-0.3, -0.25) is 4.79 Å². The van der Waals surface area contributed by atoms with Crippen molar-refractivity contribution < 1.29 is 17.9 Å². The van der Waals surface area contributed by atoms with E-state index in [9.17, 15) is 18.0 Å². The van der Waals surface area contributed by atoms with Crippen LogP contribution in [0.5, 0.6) is 0 Å². The number of ether oxygens (including phenoxy) is 1. The number of nitrogens with one attached hydrogen (secondary N) is 1. The second-order valence-corrected chi connectivity index (χ2v) is 7.08. The zero-order chi connectivity index (χ0) is 17.3. The van der Waals surface area contributed by atoms with Gasteiger partial charge >= 0.3 is 6.18 Å². The molecule has 8 heteroatoms. The molecule has 0 bridgehead atoms. The Bertz CT molecular complexity index is 798. The summed E-state index contributed by atoms with van der Waals surface area (Å²) in [5, 5.41) is 0.0321. The fourth-order valence-electron chi connectivity index (χ4n) is 2.77. The first-order valence-electron chi connectivity index (χ1n) is 7.65. The molecule has 1 aromatic carbocycles. The molecule has 2 heterocycles. The maximum atomic E-state index is 13.1. The topological polar surface area (TPSA) is 55.0 Å². The summed E-state index contributed by atoms with van der Waals surface area (Å²) in [6.07, 6.45) is -2.72. The zero-order valence-corrected chi connectivity index (χ0v) is 13.9. The van der Waals surface area contributed by atoms with Crippen LogP contribution in [0.4, 0.5) is 13.2 Å². The summed E-state index contributed by atoms with van der Waals surface area (Å²) in [4.78, 5) is 19.0. The highest BCUT2D eigenvalue weighted by molar-refractivity contribution is 7.99. The van der Waals surface area contributed by atoms with Gasteiger partial charge in [0, 0.05) is 18.5 Å². The molecule has 0 aliphatic carbocycles. The quantitative estimate of drug-likeness (QED) is 0.910. The molecule has 2 aromatic rings. The van der Waals surface area contributed by atoms with Crippen LogP contribution in [0, 0.1) is 6.92 Å². The molecule has 0 radical (unpaired) electrons. The first-order valence-corrected chi connectivity index (χ1v) is 8.70. The third kappa shape index (κ3) is 3.59. The maximum absolute atomic E-state index is 13.1. The van der Waals surface area contributed by atoms with Gasteiger partial charge in [0.05, 0.1) is 22.2 Å². The number of H-pyrrole nitrogens is 1. The number of alkyl halides is 3. The summed E-state index contributed by atoms with van der Waals surface area (Å²) in [5.41, 5.74) is -1.00. The summed E-state index contributed by atoms with van der Waals surface area (Å²) < 4.78 is 44.7. The van der Waals surface area contributed by atoms with Crippen molar-refractivity contribution in [3.8, 4) is 0 Å². The minimum absolute atomic E-state index is 0.121. The number of aromatic amines is 1. The fraction of sp³-hybridized carbons (Fsp3) is 0.500. The molecule has 4 nitrogen and oxygen atoms in total. The standard InChI is InChI=1S/C16H17F3N2O2S/c1-9-2-3-11(16(17,18)19)13-14(9)20-12(21-15(13)22)8-24-10-4-6-23-7-5-10/h2-3,10H,4-8H2,1H3,(H,20,21,22). The van der Waals surface area contributed by atoms with Crippen LogP contribution in [0.1, 0.15) is 29.8 Å². The first kappa shape index (κ1) is 17.3. The Kier molecular flexibility index (Phi) is 4.87. The molecule has 1 N–H and O–H groups in total. The number of halogens is 3. The lowest BCUT2D eigenvalue weighted by atomic mass is 10.1. The lowest BCUT2D eigenvalue weighted by Gasteiger charge is -2.21. The van der Waals surface area contributed by atoms with Crippen molar-refractivity contribution in [1.29, 1.82) is 0 Å². The Hall–Kier alpha value is -1.54. The summed E-state index contributed by atoms with van der Waals surface area (Å²) in [6, 6.07) is 2.29. The van der Waals surface area contributed by atoms with Crippen LogP contribution in [-0.2, 0) is 16.7 Å². The molecule has 0 atom stereocenters. The Morgan fingerprint density at radius 2 is 2.04 bits per heavy atom. The van der Waals surface area contributed by atoms with E-state index >= 15 is 0 Å². The highest BCUT2D eigenvalue weighted by Gasteiger charge is 2.34. The molecular formula is C16H17F3N2O2S. The van der Waals surface area contributed by atoms with E-state index in [4.69, 9.17) is 4.74 Å². The van der Waals surface area contributed by atoms with E-state index in [0.717, 1.165) is 18.9 Å². The predicted molar refractivity (Wildman–Crippen MR) is 87.2 cm³/mol. The lowest BCUT2D eigenvalue weighted by molar-refractivity contribution is -0.136. The molecule has 24 heavy (non-hydrogen) atoms. The van der Waals surface area contributed by atoms with Crippen LogP contribution < -0.4 is 5.56 Å². The molecule has 3 rings (SSSR count). The molecule has 1 aliphatic heterocycles. The molecule has 1 saturated heterocycles. The summed E-state index contributed by atoms with van der Waals surface area (Å²) >= 11 is 1.65. The normalized spacial score (nSPS) is 16.7. The highest BCUT2D eigenvalue weighted by atomic mass is 32.2. The second kappa shape index (κ2) is 6.76. The molecule has 1 fully saturated rings. The van der Waals surface area contributed by atoms with Crippen molar-refractivity contribution in [2.75, 3.05) is 13.2 Å². The molecule has 0 spiro atoms. The number of thioether (sulfide) groups is 1. The number of aryl methyl sites for hydroxylation is 1. The summed E-state index contributed by atoms with van der Waals surface area (Å²) in [5.74, 6) is 0.873. The van der Waals surface area contributed by atoms with Gasteiger partial charge in [-0.1, -0.05) is 6.07 Å². The second-order valence-electron chi connectivity index (χ2n) is 5.79. The largest absolute Gasteiger partial charge is 0.417 e. The SMILES string of the molecule is Cc1ccc(C(F)(F)F)c2c(=O)[nH]c(CSC3CCOCC3)nc12. The number of hydrogen-bond acceptors (Lipinski definition) is 4. The van der Waals surface area contributed by atoms with Gasteiger partial charge in [-0.2, -0.15) is 24.9 Å². The van der Waals surface area contributed by atoms with Crippen LogP contribution >= 0.6 is 11.8 Å². The number of rotatable bonds is 3. The predicted octanol–water partition coefficient (Wildman–Crippen LogP) is 3.66. The van der Waals surface area contributed by atoms with E-state index in [1.54, 1.807) is 18.7 Å². The molecule has 1 aromatic heterocycles. The summed E-state index contributed by atoms with van der Waals surface area (Å²) in [7, 11) is 0. The van der Waals surface area contributed by atoms with E-state index < -0.39 is 17.3 Å². The van der Waals surface area contributed by atoms with Crippen LogP contribution in [0.15, 0.2) is 16.9 Å². The molecule has 0 saturated carbocycles. The third-order valence-corrected chi connectivity index (χ3v) is 5.42. The number of benzene rings is 1. The van der Waals surface area contributed by atoms with Gasteiger partial charge < -0.3 is 9.72 Å². The van der Waals surface area contributed by atoms with Crippen LogP contribution in [0.2, 0.25) is 0 Å². The van der Waals surface area contributed by atoms with Crippen LogP contribution in [0.3, 0.4) is 0 Å². The van der Waals surface area contributed by atoms with Gasteiger partial charge in [0.25, 0.3) is 5.56 Å². The number of fused-ring (bicyclic) bond motifs is 1. The van der Waals surface area contributed by atoms with Gasteiger partial charge in [0.1, 0.15) is 5.82 Å². The van der Waals surface area contributed by atoms with Crippen molar-refractivity contribution in [1.82, 2.24) is 9.97 Å². The van der Waals surface area contributed by atoms with Crippen molar-refractivity contribution >= 4 is 22.7 Å². The fourth-order valence-corrected chi connectivity index (χ4v) is 3.83. The average Bonchev–Trinajstić information content (AvgIpc) is 2.54. The van der Waals surface area contributed by atoms with Gasteiger partial charge in [-0.05, 0) is 31.4 Å². The molecule has 0 unspecified atom stereocenters. The van der Waals surface area contributed by atoms with E-state index in [2.05, 4.69) is 9.97 Å². The van der Waals surface area contributed by atoms with Gasteiger partial charge in [0.2, 0.25) is 0 Å². The lowest BCUT2D eigenvalue weighted by Crippen LogP contribution is -2.20. The number of nitrogens with zero attached hydrogens (tertiary/aromatic N) is 1. The zero-order valence-electron chi connectivity index (χ0n) is 13.1. The Labute approximate surface area is 140 Å². The van der Waals surface area contributed by atoms with Crippen LogP contribution in [-0.4, -0.2) is 28.4 Å². The van der Waals surface area contributed by atoms with Crippen LogP contribution in [0.25, 0.3) is 10.9 Å². The molecule has 0 amide bonds. The van der Waals surface area contributed by atoms with Crippen molar-refractivity contribution in [2.24, 2.45) is 0 Å². The van der Waals surface area contributed by atoms with Crippen molar-refractivity contribution in [3.05, 3.63) is 39.4 Å². The highest BCUT2D eigenvalue weighted by Crippen LogP contribution is 2.34. The molecule has 130 valence electrons. The van der Waals surface area contributed by atoms with Gasteiger partial charge in [-0.25, -0.2) is 4.98 Å². The van der Waals surface area contributed by atoms with Gasteiger partial charge in [0.15, 0.2) is 0 Å². The third-order valence-electron chi connectivity index (χ3n) is 4.04. The molecular weight excluding hydrogens is 341 g/mol. The van der Waals surface area contributed by atoms with E-state index in [1.807, 2.05) is 0 Å².